The smallest absolute Gasteiger partial charge is 0.192 e. The molecule has 4 heteroatoms. The molecule has 0 bridgehead atoms. The quantitative estimate of drug-likeness (QED) is 0.250. The number of ether oxygens (including phenoxy) is 1. The summed E-state index contributed by atoms with van der Waals surface area (Å²) in [6.45, 7) is 8.94. The fourth-order valence-electron chi connectivity index (χ4n) is 2.75. The van der Waals surface area contributed by atoms with Crippen LogP contribution in [-0.2, 0) is 14.0 Å². The van der Waals surface area contributed by atoms with Gasteiger partial charge in [-0.05, 0) is 24.6 Å². The second-order valence-electron chi connectivity index (χ2n) is 5.60. The predicted octanol–water partition coefficient (Wildman–Crippen LogP) is 3.92. The Balaban J connectivity index is 2.59. The summed E-state index contributed by atoms with van der Waals surface area (Å²) in [6, 6.07) is 3.47. The molecule has 112 valence electrons. The Morgan fingerprint density at radius 1 is 1.16 bits per heavy atom. The zero-order chi connectivity index (χ0) is 14.3. The third kappa shape index (κ3) is 4.69. The molecule has 19 heavy (non-hydrogen) atoms. The van der Waals surface area contributed by atoms with Crippen LogP contribution in [0.4, 0.5) is 0 Å². The van der Waals surface area contributed by atoms with E-state index in [-0.39, 0.29) is 18.3 Å². The standard InChI is InChI=1S/C15H30O3Si/c1-5-9-10-11-13(15-14(12-16)17-15)18-19(6-2,7-3)8-4/h12-15H,5-11H2,1-4H3/t13-,14-,15-/m0/s1. The number of carbonyl (C=O) groups excluding carboxylic acids is 1. The van der Waals surface area contributed by atoms with E-state index in [1.165, 1.54) is 19.3 Å². The highest BCUT2D eigenvalue weighted by Crippen LogP contribution is 2.33. The number of hydrogen-bond acceptors (Lipinski definition) is 3. The summed E-state index contributed by atoms with van der Waals surface area (Å²) in [5, 5.41) is 0. The van der Waals surface area contributed by atoms with Crippen LogP contribution < -0.4 is 0 Å². The lowest BCUT2D eigenvalue weighted by Gasteiger charge is -2.33. The van der Waals surface area contributed by atoms with Crippen molar-refractivity contribution in [2.75, 3.05) is 0 Å². The first kappa shape index (κ1) is 16.9. The Kier molecular flexibility index (Phi) is 7.25. The third-order valence-corrected chi connectivity index (χ3v) is 9.16. The van der Waals surface area contributed by atoms with Crippen LogP contribution in [0.1, 0.15) is 53.4 Å². The summed E-state index contributed by atoms with van der Waals surface area (Å²) < 4.78 is 12.0. The van der Waals surface area contributed by atoms with E-state index < -0.39 is 8.32 Å². The van der Waals surface area contributed by atoms with Gasteiger partial charge in [-0.25, -0.2) is 0 Å². The molecule has 1 fully saturated rings. The van der Waals surface area contributed by atoms with E-state index in [1.54, 1.807) is 0 Å². The first-order valence-electron chi connectivity index (χ1n) is 7.94. The summed E-state index contributed by atoms with van der Waals surface area (Å²) in [5.41, 5.74) is 0. The van der Waals surface area contributed by atoms with Crippen molar-refractivity contribution < 1.29 is 14.0 Å². The first-order chi connectivity index (χ1) is 9.16. The van der Waals surface area contributed by atoms with Crippen molar-refractivity contribution in [3.8, 4) is 0 Å². The van der Waals surface area contributed by atoms with Gasteiger partial charge in [-0.15, -0.1) is 0 Å². The lowest BCUT2D eigenvalue weighted by molar-refractivity contribution is -0.108. The van der Waals surface area contributed by atoms with E-state index in [4.69, 9.17) is 9.16 Å². The van der Waals surface area contributed by atoms with Crippen molar-refractivity contribution in [3.05, 3.63) is 0 Å². The van der Waals surface area contributed by atoms with Crippen LogP contribution in [0.5, 0.6) is 0 Å². The Morgan fingerprint density at radius 3 is 2.21 bits per heavy atom. The molecule has 0 unspecified atom stereocenters. The minimum Gasteiger partial charge on any atom is -0.411 e. The fraction of sp³-hybridized carbons (Fsp3) is 0.933. The number of rotatable bonds is 11. The molecule has 0 aromatic heterocycles. The molecule has 1 rings (SSSR count). The van der Waals surface area contributed by atoms with E-state index in [2.05, 4.69) is 27.7 Å². The van der Waals surface area contributed by atoms with Crippen molar-refractivity contribution in [3.63, 3.8) is 0 Å². The molecule has 1 heterocycles. The normalized spacial score (nSPS) is 24.2. The molecule has 0 aromatic carbocycles. The molecule has 0 aromatic rings. The molecule has 0 N–H and O–H groups in total. The van der Waals surface area contributed by atoms with Crippen LogP contribution in [0.2, 0.25) is 18.1 Å². The van der Waals surface area contributed by atoms with Crippen molar-refractivity contribution in [2.45, 2.75) is 89.8 Å². The van der Waals surface area contributed by atoms with Crippen molar-refractivity contribution >= 4 is 14.6 Å². The van der Waals surface area contributed by atoms with Gasteiger partial charge >= 0.3 is 0 Å². The van der Waals surface area contributed by atoms with E-state index in [1.807, 2.05) is 0 Å². The summed E-state index contributed by atoms with van der Waals surface area (Å²) in [4.78, 5) is 10.8. The van der Waals surface area contributed by atoms with Crippen molar-refractivity contribution in [1.29, 1.82) is 0 Å². The number of aldehydes is 1. The van der Waals surface area contributed by atoms with Gasteiger partial charge in [0.15, 0.2) is 14.6 Å². The average Bonchev–Trinajstić information content (AvgIpc) is 3.23. The largest absolute Gasteiger partial charge is 0.411 e. The minimum atomic E-state index is -1.60. The summed E-state index contributed by atoms with van der Waals surface area (Å²) in [5.74, 6) is 0. The lowest BCUT2D eigenvalue weighted by Crippen LogP contribution is -2.42. The summed E-state index contributed by atoms with van der Waals surface area (Å²) in [7, 11) is -1.60. The van der Waals surface area contributed by atoms with Gasteiger partial charge in [0.1, 0.15) is 12.2 Å². The highest BCUT2D eigenvalue weighted by Gasteiger charge is 2.47. The topological polar surface area (TPSA) is 38.8 Å². The summed E-state index contributed by atoms with van der Waals surface area (Å²) in [6.07, 6.45) is 5.56. The Bertz CT molecular complexity index is 258. The number of epoxide rings is 1. The molecule has 1 aliphatic rings. The van der Waals surface area contributed by atoms with Gasteiger partial charge in [-0.1, -0.05) is 47.0 Å². The van der Waals surface area contributed by atoms with E-state index in [0.717, 1.165) is 30.8 Å². The van der Waals surface area contributed by atoms with Crippen LogP contribution in [0.3, 0.4) is 0 Å². The highest BCUT2D eigenvalue weighted by molar-refractivity contribution is 6.73. The number of hydrogen-bond donors (Lipinski definition) is 0. The first-order valence-corrected chi connectivity index (χ1v) is 10.5. The third-order valence-electron chi connectivity index (χ3n) is 4.49. The van der Waals surface area contributed by atoms with E-state index >= 15 is 0 Å². The van der Waals surface area contributed by atoms with Crippen molar-refractivity contribution in [1.82, 2.24) is 0 Å². The zero-order valence-corrected chi connectivity index (χ0v) is 14.0. The molecule has 1 saturated heterocycles. The van der Waals surface area contributed by atoms with Gasteiger partial charge < -0.3 is 14.0 Å². The molecule has 1 aliphatic heterocycles. The zero-order valence-electron chi connectivity index (χ0n) is 13.0. The van der Waals surface area contributed by atoms with Crippen molar-refractivity contribution in [2.24, 2.45) is 0 Å². The molecular formula is C15H30O3Si. The molecule has 0 spiro atoms. The van der Waals surface area contributed by atoms with Gasteiger partial charge in [-0.2, -0.15) is 0 Å². The molecule has 0 radical (unpaired) electrons. The fourth-order valence-corrected chi connectivity index (χ4v) is 5.65. The molecular weight excluding hydrogens is 256 g/mol. The monoisotopic (exact) mass is 286 g/mol. The number of unbranched alkanes of at least 4 members (excludes halogenated alkanes) is 2. The molecule has 3 atom stereocenters. The molecule has 0 amide bonds. The van der Waals surface area contributed by atoms with Gasteiger partial charge in [-0.3, -0.25) is 0 Å². The predicted molar refractivity (Wildman–Crippen MR) is 80.9 cm³/mol. The van der Waals surface area contributed by atoms with Crippen LogP contribution in [0.25, 0.3) is 0 Å². The minimum absolute atomic E-state index is 0.0332. The van der Waals surface area contributed by atoms with Crippen LogP contribution in [0, 0.1) is 0 Å². The molecule has 0 aliphatic carbocycles. The van der Waals surface area contributed by atoms with Gasteiger partial charge in [0.25, 0.3) is 0 Å². The summed E-state index contributed by atoms with van der Waals surface area (Å²) >= 11 is 0. The van der Waals surface area contributed by atoms with Gasteiger partial charge in [0.2, 0.25) is 0 Å². The molecule has 0 saturated carbocycles. The average molecular weight is 286 g/mol. The molecule has 3 nitrogen and oxygen atoms in total. The second-order valence-corrected chi connectivity index (χ2v) is 10.3. The van der Waals surface area contributed by atoms with E-state index in [0.29, 0.717) is 0 Å². The maximum atomic E-state index is 10.8. The second kappa shape index (κ2) is 8.17. The van der Waals surface area contributed by atoms with Crippen LogP contribution >= 0.6 is 0 Å². The Morgan fingerprint density at radius 2 is 1.79 bits per heavy atom. The Labute approximate surface area is 119 Å². The number of carbonyl (C=O) groups is 1. The van der Waals surface area contributed by atoms with Gasteiger partial charge in [0.05, 0.1) is 6.10 Å². The SMILES string of the molecule is CCCCC[C@H](O[Si](CC)(CC)CC)[C@@H]1O[C@H]1C=O. The lowest BCUT2D eigenvalue weighted by atomic mass is 10.1. The Hall–Kier alpha value is -0.193. The maximum Gasteiger partial charge on any atom is 0.192 e. The highest BCUT2D eigenvalue weighted by atomic mass is 28.4. The van der Waals surface area contributed by atoms with Crippen LogP contribution in [0.15, 0.2) is 0 Å². The van der Waals surface area contributed by atoms with Crippen LogP contribution in [-0.4, -0.2) is 32.9 Å². The maximum absolute atomic E-state index is 10.8. The van der Waals surface area contributed by atoms with Gasteiger partial charge in [0, 0.05) is 0 Å². The van der Waals surface area contributed by atoms with E-state index in [9.17, 15) is 4.79 Å².